The summed E-state index contributed by atoms with van der Waals surface area (Å²) < 4.78 is 4.91. The molecular formula is C10H12O3S. The Morgan fingerprint density at radius 3 is 2.71 bits per heavy atom. The predicted molar refractivity (Wildman–Crippen MR) is 55.6 cm³/mol. The van der Waals surface area contributed by atoms with Gasteiger partial charge in [-0.15, -0.1) is 12.6 Å². The van der Waals surface area contributed by atoms with Crippen molar-refractivity contribution in [2.45, 2.75) is 24.8 Å². The molecule has 14 heavy (non-hydrogen) atoms. The third-order valence-corrected chi connectivity index (χ3v) is 2.09. The van der Waals surface area contributed by atoms with E-state index in [4.69, 9.17) is 4.74 Å². The molecule has 0 heterocycles. The Balaban J connectivity index is 3.02. The largest absolute Gasteiger partial charge is 0.426 e. The minimum absolute atomic E-state index is 0.374. The van der Waals surface area contributed by atoms with E-state index in [9.17, 15) is 9.90 Å². The standard InChI is InChI=1S/C10H12O3S/c1-6(11)8-3-4-10(14)9(5-8)13-7(2)12/h3-6,11,14H,1-2H3. The van der Waals surface area contributed by atoms with E-state index in [1.807, 2.05) is 0 Å². The number of esters is 1. The molecule has 1 N–H and O–H groups in total. The van der Waals surface area contributed by atoms with Gasteiger partial charge in [-0.1, -0.05) is 6.07 Å². The van der Waals surface area contributed by atoms with Crippen molar-refractivity contribution in [2.24, 2.45) is 0 Å². The molecule has 0 saturated heterocycles. The minimum atomic E-state index is -0.585. The summed E-state index contributed by atoms with van der Waals surface area (Å²) in [6, 6.07) is 5.03. The lowest BCUT2D eigenvalue weighted by atomic mass is 10.1. The van der Waals surface area contributed by atoms with Gasteiger partial charge >= 0.3 is 5.97 Å². The summed E-state index contributed by atoms with van der Waals surface area (Å²) in [5, 5.41) is 9.31. The van der Waals surface area contributed by atoms with Crippen LogP contribution in [0, 0.1) is 0 Å². The number of ether oxygens (including phenoxy) is 1. The van der Waals surface area contributed by atoms with Gasteiger partial charge in [-0.3, -0.25) is 4.79 Å². The number of rotatable bonds is 2. The fourth-order valence-electron chi connectivity index (χ4n) is 1.03. The Kier molecular flexibility index (Phi) is 3.55. The van der Waals surface area contributed by atoms with Gasteiger partial charge in [0.25, 0.3) is 0 Å². The summed E-state index contributed by atoms with van der Waals surface area (Å²) in [7, 11) is 0. The van der Waals surface area contributed by atoms with Crippen LogP contribution in [0.2, 0.25) is 0 Å². The van der Waals surface area contributed by atoms with Crippen molar-refractivity contribution in [1.82, 2.24) is 0 Å². The molecule has 0 bridgehead atoms. The molecule has 0 aromatic heterocycles. The van der Waals surface area contributed by atoms with E-state index in [2.05, 4.69) is 12.6 Å². The fourth-order valence-corrected chi connectivity index (χ4v) is 1.21. The topological polar surface area (TPSA) is 46.5 Å². The monoisotopic (exact) mass is 212 g/mol. The van der Waals surface area contributed by atoms with Crippen LogP contribution < -0.4 is 4.74 Å². The third-order valence-electron chi connectivity index (χ3n) is 1.72. The average molecular weight is 212 g/mol. The smallest absolute Gasteiger partial charge is 0.308 e. The van der Waals surface area contributed by atoms with Gasteiger partial charge in [-0.25, -0.2) is 0 Å². The molecule has 1 unspecified atom stereocenters. The van der Waals surface area contributed by atoms with Gasteiger partial charge in [-0.05, 0) is 24.6 Å². The summed E-state index contributed by atoms with van der Waals surface area (Å²) in [5.74, 6) is -0.0257. The van der Waals surface area contributed by atoms with Crippen LogP contribution in [0.3, 0.4) is 0 Å². The highest BCUT2D eigenvalue weighted by Crippen LogP contribution is 2.26. The first kappa shape index (κ1) is 11.1. The number of carbonyl (C=O) groups excluding carboxylic acids is 1. The number of hydrogen-bond acceptors (Lipinski definition) is 4. The lowest BCUT2D eigenvalue weighted by Gasteiger charge is -2.09. The number of aliphatic hydroxyl groups is 1. The van der Waals surface area contributed by atoms with Crippen molar-refractivity contribution >= 4 is 18.6 Å². The van der Waals surface area contributed by atoms with E-state index < -0.39 is 12.1 Å². The first-order chi connectivity index (χ1) is 6.50. The van der Waals surface area contributed by atoms with E-state index in [0.29, 0.717) is 16.2 Å². The molecule has 0 spiro atoms. The Labute approximate surface area is 88.1 Å². The van der Waals surface area contributed by atoms with Crippen molar-refractivity contribution < 1.29 is 14.6 Å². The summed E-state index contributed by atoms with van der Waals surface area (Å²) in [6.45, 7) is 2.97. The van der Waals surface area contributed by atoms with Crippen LogP contribution in [0.5, 0.6) is 5.75 Å². The molecule has 76 valence electrons. The SMILES string of the molecule is CC(=O)Oc1cc(C(C)O)ccc1S. The van der Waals surface area contributed by atoms with Crippen LogP contribution in [0.1, 0.15) is 25.5 Å². The van der Waals surface area contributed by atoms with Crippen molar-refractivity contribution in [3.63, 3.8) is 0 Å². The van der Waals surface area contributed by atoms with E-state index in [-0.39, 0.29) is 0 Å². The van der Waals surface area contributed by atoms with Crippen LogP contribution in [0.25, 0.3) is 0 Å². The van der Waals surface area contributed by atoms with E-state index in [1.165, 1.54) is 6.92 Å². The second-order valence-corrected chi connectivity index (χ2v) is 3.48. The lowest BCUT2D eigenvalue weighted by molar-refractivity contribution is -0.132. The molecule has 1 rings (SSSR count). The molecule has 4 heteroatoms. The molecule has 1 atom stereocenters. The highest BCUT2D eigenvalue weighted by Gasteiger charge is 2.07. The second-order valence-electron chi connectivity index (χ2n) is 3.00. The van der Waals surface area contributed by atoms with Gasteiger partial charge in [0.05, 0.1) is 6.10 Å². The maximum absolute atomic E-state index is 10.7. The highest BCUT2D eigenvalue weighted by molar-refractivity contribution is 7.80. The first-order valence-electron chi connectivity index (χ1n) is 4.20. The van der Waals surface area contributed by atoms with Crippen LogP contribution in [-0.4, -0.2) is 11.1 Å². The van der Waals surface area contributed by atoms with E-state index in [0.717, 1.165) is 0 Å². The molecule has 0 aliphatic rings. The van der Waals surface area contributed by atoms with Gasteiger partial charge in [0, 0.05) is 11.8 Å². The maximum Gasteiger partial charge on any atom is 0.308 e. The van der Waals surface area contributed by atoms with E-state index >= 15 is 0 Å². The molecule has 1 aromatic carbocycles. The first-order valence-corrected chi connectivity index (χ1v) is 4.65. The molecule has 0 radical (unpaired) electrons. The van der Waals surface area contributed by atoms with Crippen LogP contribution >= 0.6 is 12.6 Å². The fraction of sp³-hybridized carbons (Fsp3) is 0.300. The molecule has 0 aliphatic heterocycles. The Hall–Kier alpha value is -1.00. The Morgan fingerprint density at radius 2 is 2.21 bits per heavy atom. The van der Waals surface area contributed by atoms with Gasteiger partial charge in [0.15, 0.2) is 0 Å². The number of aliphatic hydroxyl groups excluding tert-OH is 1. The van der Waals surface area contributed by atoms with Crippen LogP contribution in [-0.2, 0) is 4.79 Å². The Morgan fingerprint density at radius 1 is 1.57 bits per heavy atom. The third kappa shape index (κ3) is 2.75. The van der Waals surface area contributed by atoms with Crippen molar-refractivity contribution in [3.8, 4) is 5.75 Å². The minimum Gasteiger partial charge on any atom is -0.426 e. The molecule has 0 saturated carbocycles. The molecule has 3 nitrogen and oxygen atoms in total. The van der Waals surface area contributed by atoms with Crippen molar-refractivity contribution in [3.05, 3.63) is 23.8 Å². The van der Waals surface area contributed by atoms with Gasteiger partial charge < -0.3 is 9.84 Å². The zero-order chi connectivity index (χ0) is 10.7. The molecule has 1 aromatic rings. The zero-order valence-electron chi connectivity index (χ0n) is 8.02. The van der Waals surface area contributed by atoms with Crippen molar-refractivity contribution in [2.75, 3.05) is 0 Å². The number of thiol groups is 1. The summed E-state index contributed by atoms with van der Waals surface area (Å²) in [5.41, 5.74) is 0.694. The molecule has 0 aliphatic carbocycles. The van der Waals surface area contributed by atoms with Crippen LogP contribution in [0.15, 0.2) is 23.1 Å². The number of hydrogen-bond donors (Lipinski definition) is 2. The second kappa shape index (κ2) is 4.48. The number of benzene rings is 1. The van der Waals surface area contributed by atoms with Gasteiger partial charge in [-0.2, -0.15) is 0 Å². The van der Waals surface area contributed by atoms with E-state index in [1.54, 1.807) is 25.1 Å². The zero-order valence-corrected chi connectivity index (χ0v) is 8.91. The van der Waals surface area contributed by atoms with Gasteiger partial charge in [0.2, 0.25) is 0 Å². The summed E-state index contributed by atoms with van der Waals surface area (Å²) in [4.78, 5) is 11.3. The quantitative estimate of drug-likeness (QED) is 0.447. The number of carbonyl (C=O) groups is 1. The Bertz CT molecular complexity index is 347. The van der Waals surface area contributed by atoms with Crippen LogP contribution in [0.4, 0.5) is 0 Å². The maximum atomic E-state index is 10.7. The normalized spacial score (nSPS) is 12.3. The summed E-state index contributed by atoms with van der Waals surface area (Å²) in [6.07, 6.45) is -0.585. The van der Waals surface area contributed by atoms with Crippen molar-refractivity contribution in [1.29, 1.82) is 0 Å². The highest BCUT2D eigenvalue weighted by atomic mass is 32.1. The predicted octanol–water partition coefficient (Wildman–Crippen LogP) is 1.95. The lowest BCUT2D eigenvalue weighted by Crippen LogP contribution is -2.03. The molecule has 0 amide bonds. The summed E-state index contributed by atoms with van der Waals surface area (Å²) >= 11 is 4.13. The molecule has 0 fully saturated rings. The van der Waals surface area contributed by atoms with Gasteiger partial charge in [0.1, 0.15) is 5.75 Å². The average Bonchev–Trinajstić information content (AvgIpc) is 2.07. The molecular weight excluding hydrogens is 200 g/mol.